The molecule has 0 aliphatic heterocycles. The Kier molecular flexibility index (Phi) is 11.5. The molecule has 0 radical (unpaired) electrons. The van der Waals surface area contributed by atoms with Crippen molar-refractivity contribution in [2.45, 2.75) is 32.1 Å². The predicted octanol–water partition coefficient (Wildman–Crippen LogP) is 2.87. The molecule has 38 heavy (non-hydrogen) atoms. The van der Waals surface area contributed by atoms with Crippen molar-refractivity contribution in [3.63, 3.8) is 0 Å². The van der Waals surface area contributed by atoms with Crippen LogP contribution >= 0.6 is 11.8 Å². The number of methoxy groups -OCH3 is 1. The topological polar surface area (TPSA) is 165 Å². The second-order valence-electron chi connectivity index (χ2n) is 8.51. The van der Waals surface area contributed by atoms with Crippen LogP contribution in [-0.2, 0) is 31.4 Å². The summed E-state index contributed by atoms with van der Waals surface area (Å²) in [5, 5.41) is 25.2. The van der Waals surface area contributed by atoms with Gasteiger partial charge in [-0.05, 0) is 17.5 Å². The highest BCUT2D eigenvalue weighted by Gasteiger charge is 2.27. The Morgan fingerprint density at radius 2 is 1.82 bits per heavy atom. The lowest BCUT2D eigenvalue weighted by atomic mass is 10.0. The van der Waals surface area contributed by atoms with E-state index >= 15 is 0 Å². The Morgan fingerprint density at radius 3 is 2.39 bits per heavy atom. The van der Waals surface area contributed by atoms with E-state index in [0.29, 0.717) is 11.8 Å². The van der Waals surface area contributed by atoms with E-state index in [9.17, 15) is 34.4 Å². The summed E-state index contributed by atoms with van der Waals surface area (Å²) in [7, 11) is 1.36. The number of allylic oxidation sites excluding steroid dienone is 1. The zero-order valence-electron chi connectivity index (χ0n) is 21.1. The molecule has 0 spiro atoms. The molecule has 0 aliphatic rings. The summed E-state index contributed by atoms with van der Waals surface area (Å²) in [6.07, 6.45) is 0.310. The van der Waals surface area contributed by atoms with E-state index in [2.05, 4.69) is 10.6 Å². The number of hydrogen-bond donors (Lipinski definition) is 3. The van der Waals surface area contributed by atoms with Crippen molar-refractivity contribution >= 4 is 41.0 Å². The van der Waals surface area contributed by atoms with Gasteiger partial charge in [-0.15, -0.1) is 11.8 Å². The van der Waals surface area contributed by atoms with Gasteiger partial charge >= 0.3 is 5.97 Å². The summed E-state index contributed by atoms with van der Waals surface area (Å²) >= 11 is 1.27. The Hall–Kier alpha value is -4.19. The standard InChI is InChI=1S/C26H29N3O8S/c1-16(2)25(28-23(31)12-18-11-19(29(35)36)9-10-22(18)37-3)26(34)27-20(13-24(32)33)21(30)15-38-14-17-7-5-4-6-8-17/h4-11,13,16,25H,12,14-15H2,1-3H3,(H,27,34)(H,28,31)(H,32,33)/b20-13+/t25-/m0/s1. The zero-order chi connectivity index (χ0) is 28.2. The van der Waals surface area contributed by atoms with Gasteiger partial charge in [0, 0.05) is 23.4 Å². The molecule has 0 saturated carbocycles. The van der Waals surface area contributed by atoms with Crippen molar-refractivity contribution in [2.75, 3.05) is 12.9 Å². The number of rotatable bonds is 14. The molecule has 2 aromatic carbocycles. The third-order valence-corrected chi connectivity index (χ3v) is 6.27. The van der Waals surface area contributed by atoms with Gasteiger partial charge in [0.25, 0.3) is 5.69 Å². The van der Waals surface area contributed by atoms with Crippen LogP contribution < -0.4 is 15.4 Å². The van der Waals surface area contributed by atoms with Crippen molar-refractivity contribution in [3.05, 3.63) is 81.5 Å². The number of carboxylic acids is 1. The number of carbonyl (C=O) groups is 4. The van der Waals surface area contributed by atoms with Gasteiger partial charge in [-0.3, -0.25) is 24.5 Å². The van der Waals surface area contributed by atoms with Crippen LogP contribution in [0.4, 0.5) is 5.69 Å². The van der Waals surface area contributed by atoms with Gasteiger partial charge in [0.2, 0.25) is 11.8 Å². The van der Waals surface area contributed by atoms with Gasteiger partial charge in [-0.1, -0.05) is 44.2 Å². The van der Waals surface area contributed by atoms with Crippen molar-refractivity contribution in [1.29, 1.82) is 0 Å². The number of ketones is 1. The second-order valence-corrected chi connectivity index (χ2v) is 9.49. The number of thioether (sulfide) groups is 1. The molecule has 3 N–H and O–H groups in total. The van der Waals surface area contributed by atoms with Gasteiger partial charge in [0.1, 0.15) is 11.8 Å². The largest absolute Gasteiger partial charge is 0.496 e. The van der Waals surface area contributed by atoms with E-state index in [1.54, 1.807) is 13.8 Å². The number of nitrogens with zero attached hydrogens (tertiary/aromatic N) is 1. The normalized spacial score (nSPS) is 11.9. The molecular formula is C26H29N3O8S. The number of hydrogen-bond acceptors (Lipinski definition) is 8. The summed E-state index contributed by atoms with van der Waals surface area (Å²) in [4.78, 5) is 60.2. The fraction of sp³-hybridized carbons (Fsp3) is 0.308. The minimum absolute atomic E-state index is 0.0699. The molecule has 0 fully saturated rings. The third kappa shape index (κ3) is 9.36. The van der Waals surface area contributed by atoms with Gasteiger partial charge in [0.05, 0.1) is 36.0 Å². The fourth-order valence-electron chi connectivity index (χ4n) is 3.38. The predicted molar refractivity (Wildman–Crippen MR) is 142 cm³/mol. The maximum Gasteiger partial charge on any atom is 0.330 e. The Bertz CT molecular complexity index is 1210. The minimum atomic E-state index is -1.41. The molecule has 202 valence electrons. The number of Topliss-reactive ketones (excluding diaryl/α,β-unsaturated/α-hetero) is 1. The smallest absolute Gasteiger partial charge is 0.330 e. The van der Waals surface area contributed by atoms with E-state index < -0.39 is 46.1 Å². The summed E-state index contributed by atoms with van der Waals surface area (Å²) in [6, 6.07) is 12.1. The minimum Gasteiger partial charge on any atom is -0.496 e. The Morgan fingerprint density at radius 1 is 1.13 bits per heavy atom. The van der Waals surface area contributed by atoms with Crippen LogP contribution in [0.3, 0.4) is 0 Å². The third-order valence-electron chi connectivity index (χ3n) is 5.26. The average Bonchev–Trinajstić information content (AvgIpc) is 2.86. The lowest BCUT2D eigenvalue weighted by Gasteiger charge is -2.22. The molecule has 0 saturated heterocycles. The summed E-state index contributed by atoms with van der Waals surface area (Å²) in [6.45, 7) is 3.33. The van der Waals surface area contributed by atoms with Crippen LogP contribution in [0.2, 0.25) is 0 Å². The quantitative estimate of drug-likeness (QED) is 0.184. The number of nitrogens with one attached hydrogen (secondary N) is 2. The molecule has 0 heterocycles. The van der Waals surface area contributed by atoms with Gasteiger partial charge in [0.15, 0.2) is 5.78 Å². The van der Waals surface area contributed by atoms with Crippen molar-refractivity contribution < 1.29 is 33.9 Å². The number of ether oxygens (including phenoxy) is 1. The lowest BCUT2D eigenvalue weighted by molar-refractivity contribution is -0.384. The number of aliphatic carboxylic acids is 1. The number of nitro benzene ring substituents is 1. The number of amides is 2. The van der Waals surface area contributed by atoms with E-state index in [0.717, 1.165) is 5.56 Å². The monoisotopic (exact) mass is 543 g/mol. The number of non-ortho nitro benzene ring substituents is 1. The van der Waals surface area contributed by atoms with Crippen molar-refractivity contribution in [3.8, 4) is 5.75 Å². The molecule has 11 nitrogen and oxygen atoms in total. The summed E-state index contributed by atoms with van der Waals surface area (Å²) in [5.74, 6) is -3.10. The van der Waals surface area contributed by atoms with Gasteiger partial charge in [-0.2, -0.15) is 0 Å². The first-order chi connectivity index (χ1) is 18.0. The van der Waals surface area contributed by atoms with Crippen LogP contribution in [0.1, 0.15) is 25.0 Å². The van der Waals surface area contributed by atoms with Gasteiger partial charge < -0.3 is 20.5 Å². The molecule has 0 aromatic heterocycles. The number of benzene rings is 2. The maximum absolute atomic E-state index is 13.0. The van der Waals surface area contributed by atoms with Crippen LogP contribution in [0.15, 0.2) is 60.3 Å². The first-order valence-electron chi connectivity index (χ1n) is 11.5. The second kappa shape index (κ2) is 14.5. The summed E-state index contributed by atoms with van der Waals surface area (Å²) < 4.78 is 5.17. The van der Waals surface area contributed by atoms with E-state index in [-0.39, 0.29) is 29.2 Å². The van der Waals surface area contributed by atoms with E-state index in [1.807, 2.05) is 30.3 Å². The van der Waals surface area contributed by atoms with Crippen molar-refractivity contribution in [1.82, 2.24) is 10.6 Å². The fourth-order valence-corrected chi connectivity index (χ4v) is 4.25. The number of carboxylic acid groups (broad SMARTS) is 1. The lowest BCUT2D eigenvalue weighted by Crippen LogP contribution is -2.50. The highest BCUT2D eigenvalue weighted by molar-refractivity contribution is 7.99. The van der Waals surface area contributed by atoms with Crippen LogP contribution in [0.5, 0.6) is 5.75 Å². The highest BCUT2D eigenvalue weighted by atomic mass is 32.2. The maximum atomic E-state index is 13.0. The molecule has 2 aromatic rings. The molecule has 0 aliphatic carbocycles. The molecule has 1 atom stereocenters. The first-order valence-corrected chi connectivity index (χ1v) is 12.7. The van der Waals surface area contributed by atoms with Crippen LogP contribution in [-0.4, -0.2) is 52.5 Å². The molecule has 0 bridgehead atoms. The number of nitro groups is 1. The Balaban J connectivity index is 2.09. The van der Waals surface area contributed by atoms with Crippen LogP contribution in [0, 0.1) is 16.0 Å². The zero-order valence-corrected chi connectivity index (χ0v) is 21.9. The van der Waals surface area contributed by atoms with Gasteiger partial charge in [-0.25, -0.2) is 4.79 Å². The SMILES string of the molecule is COc1ccc([N+](=O)[O-])cc1CC(=O)N[C@H](C(=O)N/C(=C/C(=O)O)C(=O)CSCc1ccccc1)C(C)C. The van der Waals surface area contributed by atoms with E-state index in [1.165, 1.54) is 37.1 Å². The molecule has 2 amide bonds. The first kappa shape index (κ1) is 30.0. The average molecular weight is 544 g/mol. The molecule has 12 heteroatoms. The molecule has 0 unspecified atom stereocenters. The van der Waals surface area contributed by atoms with Crippen LogP contribution in [0.25, 0.3) is 0 Å². The van der Waals surface area contributed by atoms with E-state index in [4.69, 9.17) is 4.74 Å². The Labute approximate surface area is 223 Å². The molecule has 2 rings (SSSR count). The molecular weight excluding hydrogens is 514 g/mol. The highest BCUT2D eigenvalue weighted by Crippen LogP contribution is 2.24. The van der Waals surface area contributed by atoms with Crippen molar-refractivity contribution in [2.24, 2.45) is 5.92 Å². The number of carbonyl (C=O) groups excluding carboxylic acids is 3. The summed E-state index contributed by atoms with van der Waals surface area (Å²) in [5.41, 5.74) is 0.613.